The summed E-state index contributed by atoms with van der Waals surface area (Å²) in [5.41, 5.74) is 1.72. The molecule has 0 fully saturated rings. The van der Waals surface area contributed by atoms with Gasteiger partial charge in [0.2, 0.25) is 0 Å². The Balaban J connectivity index is 1.82. The largest absolute Gasteiger partial charge is 0.454 e. The number of Topliss-reactive ketones (excluding diaryl/α,β-unsaturated/α-hetero) is 1. The van der Waals surface area contributed by atoms with Crippen LogP contribution in [0, 0.1) is 0 Å². The molecule has 0 saturated carbocycles. The van der Waals surface area contributed by atoms with Crippen LogP contribution in [0.4, 0.5) is 0 Å². The third-order valence-corrected chi connectivity index (χ3v) is 4.24. The third-order valence-electron chi connectivity index (χ3n) is 3.54. The number of benzene rings is 1. The number of hydrogen-bond acceptors (Lipinski definition) is 4. The van der Waals surface area contributed by atoms with Crippen molar-refractivity contribution in [2.45, 2.75) is 18.4 Å². The lowest BCUT2D eigenvalue weighted by Crippen LogP contribution is -2.21. The van der Waals surface area contributed by atoms with Crippen LogP contribution in [0.2, 0.25) is 0 Å². The van der Waals surface area contributed by atoms with E-state index < -0.39 is 0 Å². The van der Waals surface area contributed by atoms with Crippen LogP contribution in [0.5, 0.6) is 0 Å². The standard InChI is InChI=1S/C17H14O3S/c18-15(12-4-2-1-3-5-12)10-14(13-8-9-21-11-13)16-6-7-17(19)20-16/h1-9,11,14,16H,10H2/t14-,16-/m0/s1. The van der Waals surface area contributed by atoms with Gasteiger partial charge in [0, 0.05) is 24.0 Å². The van der Waals surface area contributed by atoms with Crippen molar-refractivity contribution in [3.8, 4) is 0 Å². The van der Waals surface area contributed by atoms with E-state index in [4.69, 9.17) is 4.74 Å². The molecular formula is C17H14O3S. The molecule has 1 aliphatic rings. The molecule has 0 radical (unpaired) electrons. The average molecular weight is 298 g/mol. The summed E-state index contributed by atoms with van der Waals surface area (Å²) in [6.45, 7) is 0. The molecule has 0 spiro atoms. The van der Waals surface area contributed by atoms with Crippen molar-refractivity contribution in [1.29, 1.82) is 0 Å². The molecule has 0 saturated heterocycles. The highest BCUT2D eigenvalue weighted by Crippen LogP contribution is 2.31. The lowest BCUT2D eigenvalue weighted by molar-refractivity contribution is -0.139. The van der Waals surface area contributed by atoms with Crippen LogP contribution < -0.4 is 0 Å². The summed E-state index contributed by atoms with van der Waals surface area (Å²) in [7, 11) is 0. The monoisotopic (exact) mass is 298 g/mol. The van der Waals surface area contributed by atoms with Crippen LogP contribution in [0.1, 0.15) is 28.3 Å². The number of esters is 1. The maximum absolute atomic E-state index is 12.4. The number of carbonyl (C=O) groups is 2. The van der Waals surface area contributed by atoms with Crippen molar-refractivity contribution in [1.82, 2.24) is 0 Å². The molecule has 1 aliphatic heterocycles. The minimum Gasteiger partial charge on any atom is -0.454 e. The number of cyclic esters (lactones) is 1. The van der Waals surface area contributed by atoms with Crippen LogP contribution in [0.3, 0.4) is 0 Å². The third kappa shape index (κ3) is 3.11. The molecule has 2 aromatic rings. The van der Waals surface area contributed by atoms with E-state index in [1.54, 1.807) is 17.4 Å². The first-order valence-corrected chi connectivity index (χ1v) is 7.67. The number of hydrogen-bond donors (Lipinski definition) is 0. The lowest BCUT2D eigenvalue weighted by Gasteiger charge is -2.20. The number of ether oxygens (including phenoxy) is 1. The maximum atomic E-state index is 12.4. The SMILES string of the molecule is O=C1C=C[C@@H]([C@@H](CC(=O)c2ccccc2)c2ccsc2)O1. The van der Waals surface area contributed by atoms with Crippen molar-refractivity contribution in [2.24, 2.45) is 0 Å². The summed E-state index contributed by atoms with van der Waals surface area (Å²) >= 11 is 1.57. The van der Waals surface area contributed by atoms with Gasteiger partial charge in [-0.25, -0.2) is 4.79 Å². The molecule has 0 bridgehead atoms. The molecule has 3 nitrogen and oxygen atoms in total. The highest BCUT2D eigenvalue weighted by Gasteiger charge is 2.30. The summed E-state index contributed by atoms with van der Waals surface area (Å²) in [5, 5.41) is 3.97. The van der Waals surface area contributed by atoms with E-state index in [-0.39, 0.29) is 23.8 Å². The minimum absolute atomic E-state index is 0.0585. The van der Waals surface area contributed by atoms with Gasteiger partial charge in [0.25, 0.3) is 0 Å². The van der Waals surface area contributed by atoms with Gasteiger partial charge in [0.1, 0.15) is 6.10 Å². The topological polar surface area (TPSA) is 43.4 Å². The Bertz CT molecular complexity index is 659. The first kappa shape index (κ1) is 13.8. The van der Waals surface area contributed by atoms with Gasteiger partial charge in [0.15, 0.2) is 5.78 Å². The summed E-state index contributed by atoms with van der Waals surface area (Å²) in [4.78, 5) is 23.7. The van der Waals surface area contributed by atoms with E-state index in [1.165, 1.54) is 6.08 Å². The molecule has 2 heterocycles. The first-order valence-electron chi connectivity index (χ1n) is 6.73. The summed E-state index contributed by atoms with van der Waals surface area (Å²) in [5.74, 6) is -0.415. The van der Waals surface area contributed by atoms with Crippen LogP contribution >= 0.6 is 11.3 Å². The Morgan fingerprint density at radius 2 is 2.05 bits per heavy atom. The Morgan fingerprint density at radius 3 is 2.67 bits per heavy atom. The molecule has 106 valence electrons. The molecule has 2 atom stereocenters. The van der Waals surface area contributed by atoms with E-state index in [1.807, 2.05) is 47.2 Å². The molecule has 0 amide bonds. The lowest BCUT2D eigenvalue weighted by atomic mass is 9.89. The van der Waals surface area contributed by atoms with Gasteiger partial charge < -0.3 is 4.74 Å². The van der Waals surface area contributed by atoms with Gasteiger partial charge in [0.05, 0.1) is 0 Å². The van der Waals surface area contributed by atoms with Crippen molar-refractivity contribution in [2.75, 3.05) is 0 Å². The summed E-state index contributed by atoms with van der Waals surface area (Å²) in [6, 6.07) is 11.2. The predicted molar refractivity (Wildman–Crippen MR) is 81.5 cm³/mol. The van der Waals surface area contributed by atoms with Gasteiger partial charge in [-0.1, -0.05) is 30.3 Å². The zero-order valence-electron chi connectivity index (χ0n) is 11.3. The van der Waals surface area contributed by atoms with Gasteiger partial charge in [-0.2, -0.15) is 11.3 Å². The van der Waals surface area contributed by atoms with Crippen molar-refractivity contribution >= 4 is 23.1 Å². The second-order valence-electron chi connectivity index (χ2n) is 4.92. The minimum atomic E-state index is -0.361. The molecule has 21 heavy (non-hydrogen) atoms. The number of thiophene rings is 1. The highest BCUT2D eigenvalue weighted by atomic mass is 32.1. The van der Waals surface area contributed by atoms with Crippen LogP contribution in [0.15, 0.2) is 59.3 Å². The van der Waals surface area contributed by atoms with Gasteiger partial charge >= 0.3 is 5.97 Å². The van der Waals surface area contributed by atoms with Crippen LogP contribution in [-0.4, -0.2) is 17.9 Å². The highest BCUT2D eigenvalue weighted by molar-refractivity contribution is 7.08. The number of ketones is 1. The Kier molecular flexibility index (Phi) is 3.97. The fraction of sp³-hybridized carbons (Fsp3) is 0.176. The van der Waals surface area contributed by atoms with Crippen LogP contribution in [-0.2, 0) is 9.53 Å². The summed E-state index contributed by atoms with van der Waals surface area (Å²) < 4.78 is 5.29. The molecule has 1 aromatic heterocycles. The number of rotatable bonds is 5. The number of carbonyl (C=O) groups excluding carboxylic acids is 2. The van der Waals surface area contributed by atoms with Crippen molar-refractivity contribution in [3.63, 3.8) is 0 Å². The fourth-order valence-corrected chi connectivity index (χ4v) is 3.18. The van der Waals surface area contributed by atoms with E-state index in [9.17, 15) is 9.59 Å². The Morgan fingerprint density at radius 1 is 1.24 bits per heavy atom. The van der Waals surface area contributed by atoms with Crippen molar-refractivity contribution in [3.05, 3.63) is 70.4 Å². The van der Waals surface area contributed by atoms with Gasteiger partial charge in [-0.15, -0.1) is 0 Å². The average Bonchev–Trinajstić information content (AvgIpc) is 3.17. The maximum Gasteiger partial charge on any atom is 0.331 e. The van der Waals surface area contributed by atoms with E-state index in [0.29, 0.717) is 12.0 Å². The zero-order valence-corrected chi connectivity index (χ0v) is 12.1. The van der Waals surface area contributed by atoms with E-state index in [2.05, 4.69) is 0 Å². The summed E-state index contributed by atoms with van der Waals surface area (Å²) in [6.07, 6.45) is 3.13. The molecular weight excluding hydrogens is 284 g/mol. The second-order valence-corrected chi connectivity index (χ2v) is 5.70. The van der Waals surface area contributed by atoms with E-state index in [0.717, 1.165) is 5.56 Å². The molecule has 1 aromatic carbocycles. The van der Waals surface area contributed by atoms with E-state index >= 15 is 0 Å². The molecule has 0 N–H and O–H groups in total. The van der Waals surface area contributed by atoms with Crippen molar-refractivity contribution < 1.29 is 14.3 Å². The second kappa shape index (κ2) is 6.06. The Hall–Kier alpha value is -2.20. The van der Waals surface area contributed by atoms with Gasteiger partial charge in [-0.05, 0) is 28.5 Å². The molecule has 0 unspecified atom stereocenters. The zero-order chi connectivity index (χ0) is 14.7. The smallest absolute Gasteiger partial charge is 0.331 e. The molecule has 4 heteroatoms. The normalized spacial score (nSPS) is 18.5. The van der Waals surface area contributed by atoms with Crippen LogP contribution in [0.25, 0.3) is 0 Å². The molecule has 3 rings (SSSR count). The predicted octanol–water partition coefficient (Wildman–Crippen LogP) is 3.59. The fourth-order valence-electron chi connectivity index (χ4n) is 2.45. The molecule has 0 aliphatic carbocycles. The Labute approximate surface area is 126 Å². The first-order chi connectivity index (χ1) is 10.2. The quantitative estimate of drug-likeness (QED) is 0.626. The van der Waals surface area contributed by atoms with Gasteiger partial charge in [-0.3, -0.25) is 4.79 Å².